The van der Waals surface area contributed by atoms with E-state index in [0.717, 1.165) is 19.5 Å². The minimum absolute atomic E-state index is 0. The number of piperazine rings is 1. The molecule has 0 spiro atoms. The summed E-state index contributed by atoms with van der Waals surface area (Å²) < 4.78 is 5.16. The Bertz CT molecular complexity index is 612. The molecule has 3 rings (SSSR count). The number of amides is 2. The Morgan fingerprint density at radius 3 is 2.42 bits per heavy atom. The molecule has 146 valence electrons. The van der Waals surface area contributed by atoms with Crippen molar-refractivity contribution >= 4 is 24.2 Å². The second-order valence-corrected chi connectivity index (χ2v) is 7.74. The molecule has 1 aromatic rings. The van der Waals surface area contributed by atoms with Gasteiger partial charge < -0.3 is 20.0 Å². The van der Waals surface area contributed by atoms with Gasteiger partial charge in [-0.2, -0.15) is 0 Å². The van der Waals surface area contributed by atoms with Gasteiger partial charge in [-0.05, 0) is 24.0 Å². The van der Waals surface area contributed by atoms with Crippen LogP contribution in [0.15, 0.2) is 22.8 Å². The zero-order valence-corrected chi connectivity index (χ0v) is 16.3. The van der Waals surface area contributed by atoms with Gasteiger partial charge in [-0.3, -0.25) is 14.5 Å². The fourth-order valence-electron chi connectivity index (χ4n) is 3.63. The normalized spacial score (nSPS) is 23.4. The molecule has 1 unspecified atom stereocenters. The molecule has 0 aromatic carbocycles. The number of furan rings is 1. The Morgan fingerprint density at radius 2 is 1.85 bits per heavy atom. The van der Waals surface area contributed by atoms with Crippen LogP contribution < -0.4 is 5.73 Å². The van der Waals surface area contributed by atoms with Crippen molar-refractivity contribution in [3.8, 4) is 0 Å². The number of halogens is 1. The quantitative estimate of drug-likeness (QED) is 0.842. The van der Waals surface area contributed by atoms with Crippen LogP contribution in [0, 0.1) is 5.41 Å². The smallest absolute Gasteiger partial charge is 0.289 e. The minimum atomic E-state index is -0.108. The van der Waals surface area contributed by atoms with Crippen molar-refractivity contribution < 1.29 is 14.0 Å². The highest BCUT2D eigenvalue weighted by atomic mass is 35.5. The maximum Gasteiger partial charge on any atom is 0.289 e. The fraction of sp³-hybridized carbons (Fsp3) is 0.667. The predicted molar refractivity (Wildman–Crippen MR) is 101 cm³/mol. The Labute approximate surface area is 160 Å². The van der Waals surface area contributed by atoms with Gasteiger partial charge in [0.05, 0.1) is 12.8 Å². The topological polar surface area (TPSA) is 83.0 Å². The first-order valence-electron chi connectivity index (χ1n) is 8.95. The number of hydrogen-bond acceptors (Lipinski definition) is 5. The molecule has 8 heteroatoms. The number of carbonyl (C=O) groups excluding carboxylic acids is 2. The van der Waals surface area contributed by atoms with Gasteiger partial charge in [-0.1, -0.05) is 13.8 Å². The van der Waals surface area contributed by atoms with Crippen molar-refractivity contribution in [3.63, 3.8) is 0 Å². The Morgan fingerprint density at radius 1 is 1.19 bits per heavy atom. The predicted octanol–water partition coefficient (Wildman–Crippen LogP) is 1.05. The van der Waals surface area contributed by atoms with Crippen LogP contribution in [0.25, 0.3) is 0 Å². The van der Waals surface area contributed by atoms with Gasteiger partial charge in [0, 0.05) is 45.3 Å². The molecule has 7 nitrogen and oxygen atoms in total. The summed E-state index contributed by atoms with van der Waals surface area (Å²) in [5, 5.41) is 0. The lowest BCUT2D eigenvalue weighted by atomic mass is 9.80. The van der Waals surface area contributed by atoms with E-state index >= 15 is 0 Å². The molecule has 3 heterocycles. The van der Waals surface area contributed by atoms with Crippen LogP contribution in [0.4, 0.5) is 0 Å². The first kappa shape index (κ1) is 20.7. The van der Waals surface area contributed by atoms with E-state index in [4.69, 9.17) is 10.2 Å². The van der Waals surface area contributed by atoms with E-state index in [9.17, 15) is 9.59 Å². The molecule has 0 radical (unpaired) electrons. The van der Waals surface area contributed by atoms with Crippen molar-refractivity contribution in [2.75, 3.05) is 45.8 Å². The van der Waals surface area contributed by atoms with E-state index in [1.54, 1.807) is 17.0 Å². The summed E-state index contributed by atoms with van der Waals surface area (Å²) in [6.07, 6.45) is 2.42. The average Bonchev–Trinajstić information content (AvgIpc) is 3.12. The molecule has 2 fully saturated rings. The van der Waals surface area contributed by atoms with Gasteiger partial charge in [-0.25, -0.2) is 0 Å². The summed E-state index contributed by atoms with van der Waals surface area (Å²) in [6, 6.07) is 3.57. The van der Waals surface area contributed by atoms with Crippen molar-refractivity contribution in [2.45, 2.75) is 26.3 Å². The summed E-state index contributed by atoms with van der Waals surface area (Å²) in [4.78, 5) is 30.7. The van der Waals surface area contributed by atoms with Crippen LogP contribution in [0.3, 0.4) is 0 Å². The molecule has 2 N–H and O–H groups in total. The number of hydrogen-bond donors (Lipinski definition) is 1. The Kier molecular flexibility index (Phi) is 6.71. The Hall–Kier alpha value is -1.57. The van der Waals surface area contributed by atoms with E-state index < -0.39 is 0 Å². The average molecular weight is 385 g/mol. The SMILES string of the molecule is CC1(C)CN(CC(=O)N2CCN(C(=O)c3ccco3)CC2)CCC1N.Cl. The first-order chi connectivity index (χ1) is 11.9. The molecule has 0 aliphatic carbocycles. The second-order valence-electron chi connectivity index (χ2n) is 7.74. The number of nitrogens with two attached hydrogens (primary N) is 1. The summed E-state index contributed by atoms with van der Waals surface area (Å²) in [7, 11) is 0. The third-order valence-electron chi connectivity index (χ3n) is 5.40. The highest BCUT2D eigenvalue weighted by Gasteiger charge is 2.35. The summed E-state index contributed by atoms with van der Waals surface area (Å²) in [5.74, 6) is 0.381. The van der Waals surface area contributed by atoms with E-state index in [0.29, 0.717) is 38.5 Å². The lowest BCUT2D eigenvalue weighted by molar-refractivity contribution is -0.134. The molecule has 2 aliphatic rings. The van der Waals surface area contributed by atoms with Gasteiger partial charge in [0.1, 0.15) is 0 Å². The summed E-state index contributed by atoms with van der Waals surface area (Å²) >= 11 is 0. The van der Waals surface area contributed by atoms with Crippen LogP contribution >= 0.6 is 12.4 Å². The molecule has 0 bridgehead atoms. The number of likely N-dealkylation sites (tertiary alicyclic amines) is 1. The van der Waals surface area contributed by atoms with Crippen LogP contribution in [0.5, 0.6) is 0 Å². The molecule has 0 saturated carbocycles. The van der Waals surface area contributed by atoms with E-state index in [1.165, 1.54) is 6.26 Å². The number of carbonyl (C=O) groups is 2. The summed E-state index contributed by atoms with van der Waals surface area (Å²) in [5.41, 5.74) is 6.20. The zero-order valence-electron chi connectivity index (χ0n) is 15.5. The van der Waals surface area contributed by atoms with Gasteiger partial charge >= 0.3 is 0 Å². The molecule has 1 atom stereocenters. The van der Waals surface area contributed by atoms with Crippen LogP contribution in [-0.4, -0.2) is 78.4 Å². The molecule has 1 aromatic heterocycles. The molecule has 2 aliphatic heterocycles. The van der Waals surface area contributed by atoms with Crippen LogP contribution in [0.1, 0.15) is 30.8 Å². The largest absolute Gasteiger partial charge is 0.459 e. The molecule has 26 heavy (non-hydrogen) atoms. The van der Waals surface area contributed by atoms with Crippen molar-refractivity contribution in [1.82, 2.24) is 14.7 Å². The van der Waals surface area contributed by atoms with Crippen molar-refractivity contribution in [2.24, 2.45) is 11.1 Å². The zero-order chi connectivity index (χ0) is 18.0. The molecular weight excluding hydrogens is 356 g/mol. The second kappa shape index (κ2) is 8.41. The fourth-order valence-corrected chi connectivity index (χ4v) is 3.63. The Balaban J connectivity index is 0.00000243. The standard InChI is InChI=1S/C18H28N4O3.ClH/c1-18(2)13-20(6-5-15(18)19)12-16(23)21-7-9-22(10-8-21)17(24)14-4-3-11-25-14;/h3-4,11,15H,5-10,12-13,19H2,1-2H3;1H. The van der Waals surface area contributed by atoms with Gasteiger partial charge in [-0.15, -0.1) is 12.4 Å². The van der Waals surface area contributed by atoms with Crippen LogP contribution in [0.2, 0.25) is 0 Å². The highest BCUT2D eigenvalue weighted by molar-refractivity contribution is 5.91. The minimum Gasteiger partial charge on any atom is -0.459 e. The maximum absolute atomic E-state index is 12.6. The van der Waals surface area contributed by atoms with Gasteiger partial charge in [0.15, 0.2) is 5.76 Å². The van der Waals surface area contributed by atoms with E-state index in [1.807, 2.05) is 4.90 Å². The van der Waals surface area contributed by atoms with Crippen LogP contribution in [-0.2, 0) is 4.79 Å². The maximum atomic E-state index is 12.6. The lowest BCUT2D eigenvalue weighted by Crippen LogP contribution is -2.56. The monoisotopic (exact) mass is 384 g/mol. The lowest BCUT2D eigenvalue weighted by Gasteiger charge is -2.43. The summed E-state index contributed by atoms with van der Waals surface area (Å²) in [6.45, 7) is 8.69. The number of nitrogens with zero attached hydrogens (tertiary/aromatic N) is 3. The molecule has 2 amide bonds. The number of rotatable bonds is 3. The number of piperidine rings is 1. The van der Waals surface area contributed by atoms with E-state index in [2.05, 4.69) is 18.7 Å². The first-order valence-corrected chi connectivity index (χ1v) is 8.95. The molecular formula is C18H29ClN4O3. The third-order valence-corrected chi connectivity index (χ3v) is 5.40. The highest BCUT2D eigenvalue weighted by Crippen LogP contribution is 2.27. The third kappa shape index (κ3) is 4.58. The van der Waals surface area contributed by atoms with Gasteiger partial charge in [0.2, 0.25) is 5.91 Å². The van der Waals surface area contributed by atoms with Crippen molar-refractivity contribution in [3.05, 3.63) is 24.2 Å². The van der Waals surface area contributed by atoms with E-state index in [-0.39, 0.29) is 35.7 Å². The van der Waals surface area contributed by atoms with Gasteiger partial charge in [0.25, 0.3) is 5.91 Å². The van der Waals surface area contributed by atoms with Crippen molar-refractivity contribution in [1.29, 1.82) is 0 Å². The molecule has 2 saturated heterocycles.